The monoisotopic (exact) mass is 461 g/mol. The van der Waals surface area contributed by atoms with E-state index >= 15 is 0 Å². The van der Waals surface area contributed by atoms with Crippen LogP contribution in [0.2, 0.25) is 0 Å². The van der Waals surface area contributed by atoms with Crippen LogP contribution in [0, 0.1) is 5.41 Å². The number of rotatable bonds is 9. The van der Waals surface area contributed by atoms with Crippen molar-refractivity contribution in [3.05, 3.63) is 70.3 Å². The van der Waals surface area contributed by atoms with Crippen molar-refractivity contribution in [2.24, 2.45) is 5.41 Å². The third kappa shape index (κ3) is 5.57. The number of nitrogens with zero attached hydrogens (tertiary/aromatic N) is 3. The zero-order valence-corrected chi connectivity index (χ0v) is 21.6. The summed E-state index contributed by atoms with van der Waals surface area (Å²) >= 11 is 0. The van der Waals surface area contributed by atoms with Crippen molar-refractivity contribution < 1.29 is 4.79 Å². The van der Waals surface area contributed by atoms with Crippen LogP contribution < -0.4 is 5.56 Å². The molecule has 0 saturated carbocycles. The molecule has 3 aromatic rings. The first-order chi connectivity index (χ1) is 16.2. The standard InChI is InChI=1S/C29H39N3O2/c1-7-9-10-13-20-31(28(34)29(4,5)6)21(3)26-30-25-15-12-11-14-24(25)27(33)32(26)23-18-16-22(8-2)17-19-23/h11-12,14-19,21H,7-10,13,20H2,1-6H3. The van der Waals surface area contributed by atoms with E-state index < -0.39 is 5.41 Å². The van der Waals surface area contributed by atoms with E-state index in [0.29, 0.717) is 23.3 Å². The fourth-order valence-electron chi connectivity index (χ4n) is 4.31. The fourth-order valence-corrected chi connectivity index (χ4v) is 4.31. The van der Waals surface area contributed by atoms with Gasteiger partial charge in [0.1, 0.15) is 5.82 Å². The maximum Gasteiger partial charge on any atom is 0.266 e. The summed E-state index contributed by atoms with van der Waals surface area (Å²) in [6.07, 6.45) is 5.23. The Morgan fingerprint density at radius 3 is 2.29 bits per heavy atom. The zero-order valence-electron chi connectivity index (χ0n) is 21.6. The number of para-hydroxylation sites is 1. The Bertz CT molecular complexity index is 1170. The molecule has 0 aliphatic heterocycles. The number of amides is 1. The Kier molecular flexibility index (Phi) is 8.29. The Morgan fingerprint density at radius 1 is 1.00 bits per heavy atom. The van der Waals surface area contributed by atoms with E-state index in [1.807, 2.05) is 81.1 Å². The lowest BCUT2D eigenvalue weighted by Crippen LogP contribution is -2.43. The normalized spacial score (nSPS) is 12.6. The quantitative estimate of drug-likeness (QED) is 0.343. The third-order valence-corrected chi connectivity index (χ3v) is 6.40. The van der Waals surface area contributed by atoms with Crippen molar-refractivity contribution in [2.75, 3.05) is 6.54 Å². The van der Waals surface area contributed by atoms with Crippen LogP contribution >= 0.6 is 0 Å². The average Bonchev–Trinajstić information content (AvgIpc) is 2.83. The van der Waals surface area contributed by atoms with E-state index in [-0.39, 0.29) is 17.5 Å². The van der Waals surface area contributed by atoms with Crippen molar-refractivity contribution in [3.63, 3.8) is 0 Å². The Balaban J connectivity index is 2.17. The second-order valence-electron chi connectivity index (χ2n) is 10.1. The van der Waals surface area contributed by atoms with Gasteiger partial charge in [0.05, 0.1) is 22.6 Å². The summed E-state index contributed by atoms with van der Waals surface area (Å²) < 4.78 is 1.70. The van der Waals surface area contributed by atoms with E-state index in [1.165, 1.54) is 5.56 Å². The molecule has 0 N–H and O–H groups in total. The number of aromatic nitrogens is 2. The van der Waals surface area contributed by atoms with Crippen LogP contribution in [0.15, 0.2) is 53.3 Å². The maximum absolute atomic E-state index is 13.7. The molecule has 1 atom stereocenters. The second-order valence-corrected chi connectivity index (χ2v) is 10.1. The first kappa shape index (κ1) is 25.7. The van der Waals surface area contributed by atoms with Gasteiger partial charge < -0.3 is 4.90 Å². The molecular formula is C29H39N3O2. The van der Waals surface area contributed by atoms with Crippen molar-refractivity contribution in [3.8, 4) is 5.69 Å². The third-order valence-electron chi connectivity index (χ3n) is 6.40. The van der Waals surface area contributed by atoms with Gasteiger partial charge in [0, 0.05) is 12.0 Å². The molecular weight excluding hydrogens is 422 g/mol. The Labute approximate surface area is 203 Å². The molecule has 0 radical (unpaired) electrons. The number of hydrogen-bond donors (Lipinski definition) is 0. The number of aryl methyl sites for hydroxylation is 1. The predicted molar refractivity (Wildman–Crippen MR) is 140 cm³/mol. The van der Waals surface area contributed by atoms with Gasteiger partial charge in [-0.25, -0.2) is 4.98 Å². The van der Waals surface area contributed by atoms with E-state index in [4.69, 9.17) is 4.98 Å². The van der Waals surface area contributed by atoms with Gasteiger partial charge in [0.25, 0.3) is 5.56 Å². The van der Waals surface area contributed by atoms with E-state index in [1.54, 1.807) is 4.57 Å². The summed E-state index contributed by atoms with van der Waals surface area (Å²) in [6.45, 7) is 12.8. The summed E-state index contributed by atoms with van der Waals surface area (Å²) in [5.41, 5.74) is 2.01. The van der Waals surface area contributed by atoms with Crippen molar-refractivity contribution in [2.45, 2.75) is 79.7 Å². The molecule has 5 nitrogen and oxygen atoms in total. The largest absolute Gasteiger partial charge is 0.332 e. The summed E-state index contributed by atoms with van der Waals surface area (Å²) in [7, 11) is 0. The van der Waals surface area contributed by atoms with E-state index in [2.05, 4.69) is 13.8 Å². The average molecular weight is 462 g/mol. The minimum atomic E-state index is -0.524. The van der Waals surface area contributed by atoms with Crippen LogP contribution in [0.25, 0.3) is 16.6 Å². The SMILES string of the molecule is CCCCCCN(C(=O)C(C)(C)C)C(C)c1nc2ccccc2c(=O)n1-c1ccc(CC)cc1. The highest BCUT2D eigenvalue weighted by Gasteiger charge is 2.33. The lowest BCUT2D eigenvalue weighted by atomic mass is 9.93. The molecule has 0 saturated heterocycles. The predicted octanol–water partition coefficient (Wildman–Crippen LogP) is 6.46. The molecule has 0 aliphatic rings. The molecule has 1 amide bonds. The lowest BCUT2D eigenvalue weighted by molar-refractivity contribution is -0.142. The van der Waals surface area contributed by atoms with Gasteiger partial charge in [0.2, 0.25) is 5.91 Å². The van der Waals surface area contributed by atoms with Gasteiger partial charge in [-0.15, -0.1) is 0 Å². The molecule has 1 aromatic heterocycles. The topological polar surface area (TPSA) is 55.2 Å². The van der Waals surface area contributed by atoms with Crippen LogP contribution in [0.1, 0.15) is 84.7 Å². The van der Waals surface area contributed by atoms with Crippen LogP contribution in [0.3, 0.4) is 0 Å². The smallest absolute Gasteiger partial charge is 0.266 e. The highest BCUT2D eigenvalue weighted by atomic mass is 16.2. The fraction of sp³-hybridized carbons (Fsp3) is 0.483. The molecule has 2 aromatic carbocycles. The second kappa shape index (κ2) is 11.0. The number of benzene rings is 2. The molecule has 5 heteroatoms. The molecule has 0 fully saturated rings. The van der Waals surface area contributed by atoms with Gasteiger partial charge in [-0.3, -0.25) is 14.2 Å². The number of carbonyl (C=O) groups excluding carboxylic acids is 1. The molecule has 0 bridgehead atoms. The molecule has 1 heterocycles. The summed E-state index contributed by atoms with van der Waals surface area (Å²) in [5, 5.41) is 0.578. The molecule has 0 spiro atoms. The van der Waals surface area contributed by atoms with Gasteiger partial charge in [-0.2, -0.15) is 0 Å². The summed E-state index contributed by atoms with van der Waals surface area (Å²) in [5.74, 6) is 0.674. The van der Waals surface area contributed by atoms with Crippen LogP contribution in [-0.4, -0.2) is 26.9 Å². The minimum absolute atomic E-state index is 0.0757. The van der Waals surface area contributed by atoms with Crippen LogP contribution in [-0.2, 0) is 11.2 Å². The molecule has 3 rings (SSSR count). The van der Waals surface area contributed by atoms with Gasteiger partial charge in [-0.1, -0.05) is 78.1 Å². The summed E-state index contributed by atoms with van der Waals surface area (Å²) in [4.78, 5) is 34.1. The summed E-state index contributed by atoms with van der Waals surface area (Å²) in [6, 6.07) is 15.1. The highest BCUT2D eigenvalue weighted by molar-refractivity contribution is 5.82. The molecule has 182 valence electrons. The first-order valence-corrected chi connectivity index (χ1v) is 12.6. The highest BCUT2D eigenvalue weighted by Crippen LogP contribution is 2.28. The number of carbonyl (C=O) groups is 1. The van der Waals surface area contributed by atoms with E-state index in [9.17, 15) is 9.59 Å². The Morgan fingerprint density at radius 2 is 1.68 bits per heavy atom. The van der Waals surface area contributed by atoms with E-state index in [0.717, 1.165) is 37.8 Å². The van der Waals surface area contributed by atoms with Gasteiger partial charge in [-0.05, 0) is 49.6 Å². The zero-order chi connectivity index (χ0) is 24.9. The maximum atomic E-state index is 13.7. The van der Waals surface area contributed by atoms with Gasteiger partial charge in [0.15, 0.2) is 0 Å². The lowest BCUT2D eigenvalue weighted by Gasteiger charge is -2.35. The number of unbranched alkanes of at least 4 members (excludes halogenated alkanes) is 3. The Hall–Kier alpha value is -2.95. The van der Waals surface area contributed by atoms with Gasteiger partial charge >= 0.3 is 0 Å². The van der Waals surface area contributed by atoms with Crippen LogP contribution in [0.5, 0.6) is 0 Å². The first-order valence-electron chi connectivity index (χ1n) is 12.6. The molecule has 0 aliphatic carbocycles. The molecule has 1 unspecified atom stereocenters. The van der Waals surface area contributed by atoms with Crippen molar-refractivity contribution >= 4 is 16.8 Å². The van der Waals surface area contributed by atoms with Crippen molar-refractivity contribution in [1.29, 1.82) is 0 Å². The number of fused-ring (bicyclic) bond motifs is 1. The molecule has 34 heavy (non-hydrogen) atoms. The number of hydrogen-bond acceptors (Lipinski definition) is 3. The van der Waals surface area contributed by atoms with Crippen LogP contribution in [0.4, 0.5) is 0 Å². The van der Waals surface area contributed by atoms with Crippen molar-refractivity contribution in [1.82, 2.24) is 14.5 Å². The minimum Gasteiger partial charge on any atom is -0.332 e.